The second kappa shape index (κ2) is 8.74. The lowest BCUT2D eigenvalue weighted by molar-refractivity contribution is -0.137. The lowest BCUT2D eigenvalue weighted by Gasteiger charge is -2.19. The molecule has 0 fully saturated rings. The van der Waals surface area contributed by atoms with Gasteiger partial charge in [0.1, 0.15) is 11.6 Å². The summed E-state index contributed by atoms with van der Waals surface area (Å²) in [6.45, 7) is 0. The molecular formula is C25H20F4N4O2S. The fourth-order valence-electron chi connectivity index (χ4n) is 4.64. The van der Waals surface area contributed by atoms with E-state index in [0.29, 0.717) is 29.7 Å². The van der Waals surface area contributed by atoms with Crippen molar-refractivity contribution in [2.75, 3.05) is 4.72 Å². The number of aromatic nitrogens is 3. The highest BCUT2D eigenvalue weighted by molar-refractivity contribution is 7.92. The molecule has 0 bridgehead atoms. The number of pyridine rings is 1. The molecule has 6 nitrogen and oxygen atoms in total. The van der Waals surface area contributed by atoms with Crippen molar-refractivity contribution in [1.82, 2.24) is 14.8 Å². The van der Waals surface area contributed by atoms with Gasteiger partial charge in [-0.2, -0.15) is 18.3 Å². The minimum atomic E-state index is -4.49. The molecule has 2 aromatic heterocycles. The summed E-state index contributed by atoms with van der Waals surface area (Å²) in [5.74, 6) is -0.985. The van der Waals surface area contributed by atoms with Crippen LogP contribution in [0.15, 0.2) is 71.9 Å². The van der Waals surface area contributed by atoms with Crippen LogP contribution in [0.25, 0.3) is 11.3 Å². The molecule has 0 spiro atoms. The van der Waals surface area contributed by atoms with Crippen LogP contribution in [-0.4, -0.2) is 23.2 Å². The summed E-state index contributed by atoms with van der Waals surface area (Å²) in [6, 6.07) is 12.1. The molecule has 0 radical (unpaired) electrons. The van der Waals surface area contributed by atoms with Gasteiger partial charge in [-0.3, -0.25) is 9.40 Å². The molecule has 1 atom stereocenters. The predicted octanol–water partition coefficient (Wildman–Crippen LogP) is 5.52. The molecule has 0 aliphatic heterocycles. The maximum atomic E-state index is 13.5. The molecule has 1 N–H and O–H groups in total. The van der Waals surface area contributed by atoms with Crippen LogP contribution in [0.5, 0.6) is 0 Å². The van der Waals surface area contributed by atoms with Crippen LogP contribution in [-0.2, 0) is 29.7 Å². The SMILES string of the molecule is Cn1nccc1-c1cc(C(F)(F)F)ccc1C1CCc2cc(S(=O)(=O)Nc3cc(F)ccn3)ccc21. The Morgan fingerprint density at radius 2 is 1.78 bits per heavy atom. The van der Waals surface area contributed by atoms with Gasteiger partial charge in [-0.15, -0.1) is 0 Å². The van der Waals surface area contributed by atoms with E-state index in [1.807, 2.05) is 0 Å². The van der Waals surface area contributed by atoms with Crippen LogP contribution in [0.2, 0.25) is 0 Å². The Morgan fingerprint density at radius 1 is 1.00 bits per heavy atom. The average Bonchev–Trinajstić information content (AvgIpc) is 3.43. The summed E-state index contributed by atoms with van der Waals surface area (Å²) in [6.07, 6.45) is -0.655. The van der Waals surface area contributed by atoms with Gasteiger partial charge in [-0.05, 0) is 65.9 Å². The Hall–Kier alpha value is -3.73. The summed E-state index contributed by atoms with van der Waals surface area (Å²) in [4.78, 5) is 3.82. The van der Waals surface area contributed by atoms with Crippen molar-refractivity contribution in [1.29, 1.82) is 0 Å². The van der Waals surface area contributed by atoms with Crippen LogP contribution in [0.4, 0.5) is 23.4 Å². The Balaban J connectivity index is 1.52. The number of benzene rings is 2. The first kappa shape index (κ1) is 24.0. The van der Waals surface area contributed by atoms with Crippen LogP contribution in [0.1, 0.15) is 34.6 Å². The van der Waals surface area contributed by atoms with E-state index >= 15 is 0 Å². The Kier molecular flexibility index (Phi) is 5.82. The number of hydrogen-bond acceptors (Lipinski definition) is 4. The Morgan fingerprint density at radius 3 is 2.47 bits per heavy atom. The van der Waals surface area contributed by atoms with E-state index in [-0.39, 0.29) is 16.6 Å². The molecule has 11 heteroatoms. The molecule has 0 amide bonds. The molecule has 1 aliphatic rings. The number of nitrogens with zero attached hydrogens (tertiary/aromatic N) is 3. The quantitative estimate of drug-likeness (QED) is 0.355. The van der Waals surface area contributed by atoms with E-state index in [1.165, 1.54) is 23.0 Å². The van der Waals surface area contributed by atoms with Gasteiger partial charge >= 0.3 is 6.18 Å². The zero-order valence-electron chi connectivity index (χ0n) is 18.9. The van der Waals surface area contributed by atoms with Gasteiger partial charge in [0.15, 0.2) is 0 Å². The highest BCUT2D eigenvalue weighted by atomic mass is 32.2. The summed E-state index contributed by atoms with van der Waals surface area (Å²) >= 11 is 0. The van der Waals surface area contributed by atoms with Crippen LogP contribution < -0.4 is 4.72 Å². The molecule has 1 unspecified atom stereocenters. The smallest absolute Gasteiger partial charge is 0.268 e. The number of fused-ring (bicyclic) bond motifs is 1. The number of hydrogen-bond donors (Lipinski definition) is 1. The third-order valence-corrected chi connectivity index (χ3v) is 7.67. The topological polar surface area (TPSA) is 76.9 Å². The van der Waals surface area contributed by atoms with Gasteiger partial charge < -0.3 is 0 Å². The summed E-state index contributed by atoms with van der Waals surface area (Å²) in [5, 5.41) is 4.11. The van der Waals surface area contributed by atoms with Crippen molar-refractivity contribution in [2.45, 2.75) is 29.8 Å². The number of aryl methyl sites for hydroxylation is 2. The van der Waals surface area contributed by atoms with Crippen LogP contribution in [0.3, 0.4) is 0 Å². The molecule has 186 valence electrons. The predicted molar refractivity (Wildman–Crippen MR) is 125 cm³/mol. The molecule has 36 heavy (non-hydrogen) atoms. The van der Waals surface area contributed by atoms with Crippen molar-refractivity contribution < 1.29 is 26.0 Å². The molecule has 0 saturated heterocycles. The Bertz CT molecular complexity index is 1560. The number of rotatable bonds is 5. The fourth-order valence-corrected chi connectivity index (χ4v) is 5.69. The van der Waals surface area contributed by atoms with Crippen molar-refractivity contribution in [3.8, 4) is 11.3 Å². The minimum Gasteiger partial charge on any atom is -0.268 e. The standard InChI is InChI=1S/C25H20F4N4O2S/c1-33-23(9-11-31-33)22-13-16(25(27,28)29)3-6-21(22)20-5-2-15-12-18(4-7-19(15)20)36(34,35)32-24-14-17(26)8-10-30-24/h3-4,6-14,20H,2,5H2,1H3,(H,30,32). The van der Waals surface area contributed by atoms with E-state index in [9.17, 15) is 26.0 Å². The number of nitrogens with one attached hydrogen (secondary N) is 1. The van der Waals surface area contributed by atoms with Gasteiger partial charge in [0.25, 0.3) is 10.0 Å². The molecule has 2 heterocycles. The lowest BCUT2D eigenvalue weighted by Crippen LogP contribution is -2.14. The Labute approximate surface area is 204 Å². The van der Waals surface area contributed by atoms with Crippen LogP contribution in [0, 0.1) is 5.82 Å². The van der Waals surface area contributed by atoms with E-state index < -0.39 is 27.6 Å². The van der Waals surface area contributed by atoms with E-state index in [2.05, 4.69) is 14.8 Å². The normalized spacial score (nSPS) is 15.6. The molecule has 5 rings (SSSR count). The van der Waals surface area contributed by atoms with Crippen LogP contribution >= 0.6 is 0 Å². The van der Waals surface area contributed by atoms with Gasteiger partial charge in [0.05, 0.1) is 16.2 Å². The van der Waals surface area contributed by atoms with E-state index in [0.717, 1.165) is 41.6 Å². The highest BCUT2D eigenvalue weighted by Gasteiger charge is 2.34. The van der Waals surface area contributed by atoms with Crippen molar-refractivity contribution in [2.24, 2.45) is 7.05 Å². The first-order chi connectivity index (χ1) is 17.0. The second-order valence-corrected chi connectivity index (χ2v) is 10.2. The first-order valence-electron chi connectivity index (χ1n) is 11.0. The summed E-state index contributed by atoms with van der Waals surface area (Å²) in [7, 11) is -2.35. The molecule has 1 aliphatic carbocycles. The monoisotopic (exact) mass is 516 g/mol. The van der Waals surface area contributed by atoms with Gasteiger partial charge in [-0.1, -0.05) is 12.1 Å². The maximum Gasteiger partial charge on any atom is 0.416 e. The number of alkyl halides is 3. The van der Waals surface area contributed by atoms with E-state index in [4.69, 9.17) is 0 Å². The maximum absolute atomic E-state index is 13.5. The lowest BCUT2D eigenvalue weighted by atomic mass is 9.87. The number of halogens is 4. The van der Waals surface area contributed by atoms with E-state index in [1.54, 1.807) is 25.2 Å². The first-order valence-corrected chi connectivity index (χ1v) is 12.5. The zero-order chi connectivity index (χ0) is 25.7. The third-order valence-electron chi connectivity index (χ3n) is 6.32. The summed E-state index contributed by atoms with van der Waals surface area (Å²) in [5.41, 5.74) is 2.57. The zero-order valence-corrected chi connectivity index (χ0v) is 19.7. The van der Waals surface area contributed by atoms with Gasteiger partial charge in [-0.25, -0.2) is 17.8 Å². The summed E-state index contributed by atoms with van der Waals surface area (Å²) < 4.78 is 83.4. The third kappa shape index (κ3) is 4.46. The number of anilines is 1. The molecule has 4 aromatic rings. The average molecular weight is 517 g/mol. The second-order valence-electron chi connectivity index (χ2n) is 8.56. The fraction of sp³-hybridized carbons (Fsp3) is 0.200. The largest absolute Gasteiger partial charge is 0.416 e. The molecule has 2 aromatic carbocycles. The minimum absolute atomic E-state index is 0.00719. The van der Waals surface area contributed by atoms with Gasteiger partial charge in [0, 0.05) is 37.0 Å². The molecular weight excluding hydrogens is 496 g/mol. The van der Waals surface area contributed by atoms with Crippen molar-refractivity contribution >= 4 is 15.8 Å². The molecule has 0 saturated carbocycles. The van der Waals surface area contributed by atoms with Crippen molar-refractivity contribution in [3.63, 3.8) is 0 Å². The number of sulfonamides is 1. The van der Waals surface area contributed by atoms with Gasteiger partial charge in [0.2, 0.25) is 0 Å². The highest BCUT2D eigenvalue weighted by Crippen LogP contribution is 2.44. The van der Waals surface area contributed by atoms with Crippen molar-refractivity contribution in [3.05, 3.63) is 95.1 Å².